The molecular formula is C17H34N2. The third-order valence-corrected chi connectivity index (χ3v) is 5.30. The van der Waals surface area contributed by atoms with Gasteiger partial charge in [0.1, 0.15) is 0 Å². The number of rotatable bonds is 6. The zero-order chi connectivity index (χ0) is 13.5. The van der Waals surface area contributed by atoms with Gasteiger partial charge in [-0.1, -0.05) is 32.1 Å². The van der Waals surface area contributed by atoms with E-state index >= 15 is 0 Å². The largest absolute Gasteiger partial charge is 0.314 e. The van der Waals surface area contributed by atoms with Gasteiger partial charge in [0, 0.05) is 6.04 Å². The number of hydrogen-bond donors (Lipinski definition) is 1. The zero-order valence-corrected chi connectivity index (χ0v) is 13.2. The lowest BCUT2D eigenvalue weighted by atomic mass is 9.72. The maximum atomic E-state index is 3.77. The van der Waals surface area contributed by atoms with Crippen LogP contribution in [0.3, 0.4) is 0 Å². The normalized spacial score (nSPS) is 29.8. The SMILES string of the molecule is CN(C)CCCNC1CCC(C2CCCCC2)CC1. The molecule has 2 rings (SSSR count). The van der Waals surface area contributed by atoms with Crippen LogP contribution in [0.2, 0.25) is 0 Å². The van der Waals surface area contributed by atoms with E-state index in [2.05, 4.69) is 24.3 Å². The molecule has 0 saturated heterocycles. The monoisotopic (exact) mass is 266 g/mol. The second-order valence-electron chi connectivity index (χ2n) is 7.12. The van der Waals surface area contributed by atoms with Crippen molar-refractivity contribution in [2.45, 2.75) is 70.3 Å². The highest BCUT2D eigenvalue weighted by Crippen LogP contribution is 2.38. The van der Waals surface area contributed by atoms with Crippen LogP contribution in [0.25, 0.3) is 0 Å². The topological polar surface area (TPSA) is 15.3 Å². The summed E-state index contributed by atoms with van der Waals surface area (Å²) in [6.07, 6.45) is 14.7. The van der Waals surface area contributed by atoms with Crippen molar-refractivity contribution in [1.29, 1.82) is 0 Å². The molecule has 2 aliphatic rings. The van der Waals surface area contributed by atoms with Gasteiger partial charge in [0.2, 0.25) is 0 Å². The van der Waals surface area contributed by atoms with Crippen molar-refractivity contribution in [2.24, 2.45) is 11.8 Å². The minimum Gasteiger partial charge on any atom is -0.314 e. The van der Waals surface area contributed by atoms with Gasteiger partial charge in [-0.3, -0.25) is 0 Å². The van der Waals surface area contributed by atoms with E-state index in [4.69, 9.17) is 0 Å². The molecule has 2 nitrogen and oxygen atoms in total. The van der Waals surface area contributed by atoms with Gasteiger partial charge in [0.25, 0.3) is 0 Å². The first-order valence-electron chi connectivity index (χ1n) is 8.64. The standard InChI is InChI=1S/C17H34N2/c1-19(2)14-6-13-18-17-11-9-16(10-12-17)15-7-4-3-5-8-15/h15-18H,3-14H2,1-2H3. The van der Waals surface area contributed by atoms with Gasteiger partial charge in [-0.05, 0) is 71.1 Å². The van der Waals surface area contributed by atoms with E-state index in [9.17, 15) is 0 Å². The minimum absolute atomic E-state index is 0.821. The van der Waals surface area contributed by atoms with Gasteiger partial charge >= 0.3 is 0 Å². The molecular weight excluding hydrogens is 232 g/mol. The highest BCUT2D eigenvalue weighted by Gasteiger charge is 2.28. The molecule has 0 unspecified atom stereocenters. The van der Waals surface area contributed by atoms with Gasteiger partial charge in [0.05, 0.1) is 0 Å². The minimum atomic E-state index is 0.821. The van der Waals surface area contributed by atoms with Gasteiger partial charge in [-0.15, -0.1) is 0 Å². The summed E-state index contributed by atoms with van der Waals surface area (Å²) in [5, 5.41) is 3.77. The summed E-state index contributed by atoms with van der Waals surface area (Å²) in [7, 11) is 4.32. The van der Waals surface area contributed by atoms with Crippen molar-refractivity contribution in [1.82, 2.24) is 10.2 Å². The lowest BCUT2D eigenvalue weighted by Crippen LogP contribution is -2.36. The predicted octanol–water partition coefficient (Wildman–Crippen LogP) is 3.67. The molecule has 0 bridgehead atoms. The van der Waals surface area contributed by atoms with E-state index in [1.165, 1.54) is 77.3 Å². The average Bonchev–Trinajstić information content (AvgIpc) is 2.45. The fourth-order valence-corrected chi connectivity index (χ4v) is 4.10. The van der Waals surface area contributed by atoms with E-state index in [-0.39, 0.29) is 0 Å². The number of hydrogen-bond acceptors (Lipinski definition) is 2. The number of nitrogens with zero attached hydrogens (tertiary/aromatic N) is 1. The highest BCUT2D eigenvalue weighted by molar-refractivity contribution is 4.82. The maximum absolute atomic E-state index is 3.77. The van der Waals surface area contributed by atoms with E-state index in [0.717, 1.165) is 17.9 Å². The van der Waals surface area contributed by atoms with Crippen LogP contribution in [-0.2, 0) is 0 Å². The van der Waals surface area contributed by atoms with Crippen molar-refractivity contribution in [3.8, 4) is 0 Å². The van der Waals surface area contributed by atoms with E-state index in [0.29, 0.717) is 0 Å². The van der Waals surface area contributed by atoms with Crippen LogP contribution >= 0.6 is 0 Å². The van der Waals surface area contributed by atoms with Crippen molar-refractivity contribution in [3.05, 3.63) is 0 Å². The van der Waals surface area contributed by atoms with Gasteiger partial charge in [0.15, 0.2) is 0 Å². The summed E-state index contributed by atoms with van der Waals surface area (Å²) in [5.74, 6) is 2.16. The third-order valence-electron chi connectivity index (χ3n) is 5.30. The smallest absolute Gasteiger partial charge is 0.00672 e. The molecule has 0 amide bonds. The fraction of sp³-hybridized carbons (Fsp3) is 1.00. The van der Waals surface area contributed by atoms with Crippen LogP contribution in [0, 0.1) is 11.8 Å². The molecule has 0 atom stereocenters. The Hall–Kier alpha value is -0.0800. The zero-order valence-electron chi connectivity index (χ0n) is 13.2. The second kappa shape index (κ2) is 8.26. The maximum Gasteiger partial charge on any atom is 0.00672 e. The van der Waals surface area contributed by atoms with Crippen molar-refractivity contribution >= 4 is 0 Å². The number of nitrogens with one attached hydrogen (secondary N) is 1. The van der Waals surface area contributed by atoms with Crippen LogP contribution in [0.15, 0.2) is 0 Å². The quantitative estimate of drug-likeness (QED) is 0.738. The molecule has 2 aliphatic carbocycles. The molecule has 0 aromatic carbocycles. The molecule has 2 heteroatoms. The molecule has 0 aromatic heterocycles. The molecule has 0 aromatic rings. The molecule has 19 heavy (non-hydrogen) atoms. The van der Waals surface area contributed by atoms with E-state index in [1.807, 2.05) is 0 Å². The van der Waals surface area contributed by atoms with Crippen molar-refractivity contribution in [2.75, 3.05) is 27.2 Å². The Morgan fingerprint density at radius 2 is 1.47 bits per heavy atom. The van der Waals surface area contributed by atoms with Crippen molar-refractivity contribution in [3.63, 3.8) is 0 Å². The second-order valence-corrected chi connectivity index (χ2v) is 7.12. The Kier molecular flexibility index (Phi) is 6.66. The molecule has 0 radical (unpaired) electrons. The molecule has 2 saturated carbocycles. The van der Waals surface area contributed by atoms with E-state index < -0.39 is 0 Å². The Bertz CT molecular complexity index is 225. The van der Waals surface area contributed by atoms with Gasteiger partial charge in [-0.25, -0.2) is 0 Å². The summed E-state index contributed by atoms with van der Waals surface area (Å²) in [6, 6.07) is 0.821. The highest BCUT2D eigenvalue weighted by atomic mass is 15.1. The molecule has 0 spiro atoms. The first-order chi connectivity index (χ1) is 9.25. The van der Waals surface area contributed by atoms with Crippen LogP contribution in [-0.4, -0.2) is 38.1 Å². The average molecular weight is 266 g/mol. The van der Waals surface area contributed by atoms with Crippen LogP contribution in [0.5, 0.6) is 0 Å². The molecule has 0 aliphatic heterocycles. The molecule has 2 fully saturated rings. The fourth-order valence-electron chi connectivity index (χ4n) is 4.10. The first kappa shape index (κ1) is 15.3. The summed E-state index contributed by atoms with van der Waals surface area (Å²) in [4.78, 5) is 2.28. The summed E-state index contributed by atoms with van der Waals surface area (Å²) >= 11 is 0. The summed E-state index contributed by atoms with van der Waals surface area (Å²) < 4.78 is 0. The Morgan fingerprint density at radius 1 is 0.842 bits per heavy atom. The lowest BCUT2D eigenvalue weighted by Gasteiger charge is -2.36. The van der Waals surface area contributed by atoms with Crippen LogP contribution in [0.1, 0.15) is 64.2 Å². The third kappa shape index (κ3) is 5.43. The molecule has 112 valence electrons. The van der Waals surface area contributed by atoms with E-state index in [1.54, 1.807) is 0 Å². The molecule has 1 N–H and O–H groups in total. The summed E-state index contributed by atoms with van der Waals surface area (Å²) in [5.41, 5.74) is 0. The predicted molar refractivity (Wildman–Crippen MR) is 83.5 cm³/mol. The van der Waals surface area contributed by atoms with Crippen LogP contribution < -0.4 is 5.32 Å². The summed E-state index contributed by atoms with van der Waals surface area (Å²) in [6.45, 7) is 2.42. The lowest BCUT2D eigenvalue weighted by molar-refractivity contribution is 0.176. The Morgan fingerprint density at radius 3 is 2.11 bits per heavy atom. The van der Waals surface area contributed by atoms with Crippen LogP contribution in [0.4, 0.5) is 0 Å². The van der Waals surface area contributed by atoms with Crippen molar-refractivity contribution < 1.29 is 0 Å². The van der Waals surface area contributed by atoms with Gasteiger partial charge < -0.3 is 10.2 Å². The molecule has 0 heterocycles. The van der Waals surface area contributed by atoms with Gasteiger partial charge in [-0.2, -0.15) is 0 Å². The Balaban J connectivity index is 1.57. The Labute approximate surface area is 120 Å². The first-order valence-corrected chi connectivity index (χ1v) is 8.64.